The van der Waals surface area contributed by atoms with E-state index < -0.39 is 8.80 Å². The molecule has 0 amide bonds. The molecule has 0 heterocycles. The van der Waals surface area contributed by atoms with Crippen molar-refractivity contribution in [2.24, 2.45) is 0 Å². The molecule has 0 aliphatic heterocycles. The Bertz CT molecular complexity index is 713. The molecule has 19 heavy (non-hydrogen) atoms. The highest BCUT2D eigenvalue weighted by molar-refractivity contribution is 6.72. The smallest absolute Gasteiger partial charge is 0.0655 e. The first-order chi connectivity index (χ1) is 9.25. The fraction of sp³-hybridized carbons (Fsp3) is 0.111. The van der Waals surface area contributed by atoms with E-state index in [2.05, 4.69) is 79.8 Å². The molecule has 0 bridgehead atoms. The summed E-state index contributed by atoms with van der Waals surface area (Å²) in [6.07, 6.45) is 0. The minimum absolute atomic E-state index is 0.800. The minimum atomic E-state index is -0.800. The maximum atomic E-state index is 2.39. The molecule has 0 atom stereocenters. The largest absolute Gasteiger partial charge is 0.0682 e. The molecule has 0 unspecified atom stereocenters. The van der Waals surface area contributed by atoms with E-state index in [9.17, 15) is 0 Å². The SMILES string of the molecule is C[SiH](C)c1ccccc1-c1ccc2ccccc2c1. The van der Waals surface area contributed by atoms with Crippen LogP contribution in [0.25, 0.3) is 21.9 Å². The number of hydrogen-bond acceptors (Lipinski definition) is 0. The van der Waals surface area contributed by atoms with Gasteiger partial charge in [0.25, 0.3) is 0 Å². The van der Waals surface area contributed by atoms with Crippen LogP contribution >= 0.6 is 0 Å². The lowest BCUT2D eigenvalue weighted by atomic mass is 10.0. The van der Waals surface area contributed by atoms with Crippen LogP contribution in [0.1, 0.15) is 0 Å². The van der Waals surface area contributed by atoms with Gasteiger partial charge in [0.1, 0.15) is 0 Å². The first-order valence-electron chi connectivity index (χ1n) is 6.84. The van der Waals surface area contributed by atoms with Crippen LogP contribution in [0.3, 0.4) is 0 Å². The molecule has 0 aliphatic rings. The summed E-state index contributed by atoms with van der Waals surface area (Å²) in [5.74, 6) is 0. The van der Waals surface area contributed by atoms with Crippen LogP contribution in [0.2, 0.25) is 13.1 Å². The predicted octanol–water partition coefficient (Wildman–Crippen LogP) is 4.20. The topological polar surface area (TPSA) is 0 Å². The van der Waals surface area contributed by atoms with Crippen molar-refractivity contribution < 1.29 is 0 Å². The van der Waals surface area contributed by atoms with Gasteiger partial charge in [-0.05, 0) is 28.0 Å². The molecule has 0 radical (unpaired) electrons. The Labute approximate surface area is 116 Å². The quantitative estimate of drug-likeness (QED) is 0.607. The van der Waals surface area contributed by atoms with Gasteiger partial charge in [0, 0.05) is 0 Å². The third-order valence-corrected chi connectivity index (χ3v) is 5.39. The van der Waals surface area contributed by atoms with Gasteiger partial charge in [-0.2, -0.15) is 0 Å². The van der Waals surface area contributed by atoms with Crippen LogP contribution in [-0.2, 0) is 0 Å². The summed E-state index contributed by atoms with van der Waals surface area (Å²) in [7, 11) is -0.800. The van der Waals surface area contributed by atoms with Crippen molar-refractivity contribution in [3.05, 3.63) is 66.7 Å². The third kappa shape index (κ3) is 2.34. The van der Waals surface area contributed by atoms with E-state index in [-0.39, 0.29) is 0 Å². The fourth-order valence-corrected chi connectivity index (χ4v) is 4.00. The highest BCUT2D eigenvalue weighted by Crippen LogP contribution is 2.23. The Morgan fingerprint density at radius 1 is 0.684 bits per heavy atom. The molecule has 0 aliphatic carbocycles. The number of fused-ring (bicyclic) bond motifs is 1. The van der Waals surface area contributed by atoms with E-state index in [1.54, 1.807) is 5.19 Å². The van der Waals surface area contributed by atoms with Crippen LogP contribution in [0, 0.1) is 0 Å². The summed E-state index contributed by atoms with van der Waals surface area (Å²) in [4.78, 5) is 0. The van der Waals surface area contributed by atoms with Crippen molar-refractivity contribution in [1.29, 1.82) is 0 Å². The van der Waals surface area contributed by atoms with Crippen molar-refractivity contribution in [2.45, 2.75) is 13.1 Å². The van der Waals surface area contributed by atoms with Crippen LogP contribution in [0.4, 0.5) is 0 Å². The van der Waals surface area contributed by atoms with Crippen molar-refractivity contribution in [3.8, 4) is 11.1 Å². The fourth-order valence-electron chi connectivity index (χ4n) is 2.62. The van der Waals surface area contributed by atoms with Gasteiger partial charge >= 0.3 is 0 Å². The Morgan fingerprint density at radius 3 is 2.16 bits per heavy atom. The Balaban J connectivity index is 2.19. The monoisotopic (exact) mass is 262 g/mol. The maximum Gasteiger partial charge on any atom is 0.0655 e. The molecular formula is C18H18Si. The first kappa shape index (κ1) is 12.2. The summed E-state index contributed by atoms with van der Waals surface area (Å²) in [5, 5.41) is 4.18. The van der Waals surface area contributed by atoms with Gasteiger partial charge in [-0.15, -0.1) is 0 Å². The van der Waals surface area contributed by atoms with Crippen molar-refractivity contribution in [1.82, 2.24) is 0 Å². The van der Waals surface area contributed by atoms with Crippen LogP contribution in [0.5, 0.6) is 0 Å². The van der Waals surface area contributed by atoms with E-state index in [0.717, 1.165) is 0 Å². The Kier molecular flexibility index (Phi) is 3.22. The second-order valence-corrected chi connectivity index (χ2v) is 8.24. The van der Waals surface area contributed by atoms with Gasteiger partial charge in [-0.25, -0.2) is 0 Å². The molecule has 3 aromatic carbocycles. The molecule has 3 aromatic rings. The van der Waals surface area contributed by atoms with Crippen LogP contribution < -0.4 is 5.19 Å². The van der Waals surface area contributed by atoms with Crippen LogP contribution in [-0.4, -0.2) is 8.80 Å². The van der Waals surface area contributed by atoms with Gasteiger partial charge in [0.2, 0.25) is 0 Å². The number of rotatable bonds is 2. The van der Waals surface area contributed by atoms with Crippen molar-refractivity contribution in [2.75, 3.05) is 0 Å². The first-order valence-corrected chi connectivity index (χ1v) is 9.72. The van der Waals surface area contributed by atoms with Gasteiger partial charge in [-0.1, -0.05) is 78.9 Å². The molecule has 0 saturated carbocycles. The van der Waals surface area contributed by atoms with E-state index in [1.807, 2.05) is 0 Å². The standard InChI is InChI=1S/C18H18Si/c1-19(2)18-10-6-5-9-17(18)16-12-11-14-7-3-4-8-15(14)13-16/h3-13,19H,1-2H3. The molecule has 0 fully saturated rings. The predicted molar refractivity (Wildman–Crippen MR) is 87.9 cm³/mol. The summed E-state index contributed by atoms with van der Waals surface area (Å²) in [6.45, 7) is 4.78. The Morgan fingerprint density at radius 2 is 1.37 bits per heavy atom. The average Bonchev–Trinajstić information content (AvgIpc) is 2.46. The van der Waals surface area contributed by atoms with Crippen molar-refractivity contribution in [3.63, 3.8) is 0 Å². The summed E-state index contributed by atoms with van der Waals surface area (Å²) in [5.41, 5.74) is 2.76. The van der Waals surface area contributed by atoms with Gasteiger partial charge in [0.15, 0.2) is 0 Å². The van der Waals surface area contributed by atoms with Crippen molar-refractivity contribution >= 4 is 24.8 Å². The average molecular weight is 262 g/mol. The second-order valence-electron chi connectivity index (χ2n) is 5.30. The number of hydrogen-bond donors (Lipinski definition) is 0. The lowest BCUT2D eigenvalue weighted by Crippen LogP contribution is -2.24. The molecule has 0 spiro atoms. The summed E-state index contributed by atoms with van der Waals surface area (Å²) < 4.78 is 0. The Hall–Kier alpha value is -1.86. The van der Waals surface area contributed by atoms with Gasteiger partial charge < -0.3 is 0 Å². The zero-order chi connectivity index (χ0) is 13.2. The zero-order valence-electron chi connectivity index (χ0n) is 11.4. The van der Waals surface area contributed by atoms with E-state index in [0.29, 0.717) is 0 Å². The minimum Gasteiger partial charge on any atom is -0.0682 e. The number of benzene rings is 3. The molecule has 94 valence electrons. The molecule has 0 saturated heterocycles. The molecule has 3 rings (SSSR count). The second kappa shape index (κ2) is 5.02. The third-order valence-electron chi connectivity index (χ3n) is 3.64. The molecule has 0 aromatic heterocycles. The molecular weight excluding hydrogens is 244 g/mol. The van der Waals surface area contributed by atoms with E-state index in [1.165, 1.54) is 21.9 Å². The zero-order valence-corrected chi connectivity index (χ0v) is 12.6. The highest BCUT2D eigenvalue weighted by Gasteiger charge is 2.08. The van der Waals surface area contributed by atoms with Gasteiger partial charge in [0.05, 0.1) is 8.80 Å². The molecule has 0 nitrogen and oxygen atoms in total. The normalized spacial score (nSPS) is 11.1. The summed E-state index contributed by atoms with van der Waals surface area (Å²) in [6, 6.07) is 24.2. The van der Waals surface area contributed by atoms with Crippen LogP contribution in [0.15, 0.2) is 66.7 Å². The molecule has 1 heteroatoms. The lowest BCUT2D eigenvalue weighted by molar-refractivity contribution is 1.66. The van der Waals surface area contributed by atoms with Gasteiger partial charge in [-0.3, -0.25) is 0 Å². The van der Waals surface area contributed by atoms with E-state index in [4.69, 9.17) is 0 Å². The maximum absolute atomic E-state index is 2.39. The van der Waals surface area contributed by atoms with E-state index >= 15 is 0 Å². The lowest BCUT2D eigenvalue weighted by Gasteiger charge is -2.12. The summed E-state index contributed by atoms with van der Waals surface area (Å²) >= 11 is 0. The molecule has 0 N–H and O–H groups in total. The highest BCUT2D eigenvalue weighted by atomic mass is 28.3.